The maximum Gasteiger partial charge on any atom is 0.290 e. The molecule has 1 aromatic heterocycles. The van der Waals surface area contributed by atoms with E-state index in [4.69, 9.17) is 30.2 Å². The van der Waals surface area contributed by atoms with Crippen molar-refractivity contribution in [1.82, 2.24) is 4.90 Å². The Hall–Kier alpha value is -4.27. The molecule has 4 aromatic rings. The molecule has 0 saturated carbocycles. The summed E-state index contributed by atoms with van der Waals surface area (Å²) in [4.78, 5) is 28.3. The molecule has 0 spiro atoms. The third kappa shape index (κ3) is 5.21. The number of benzene rings is 3. The minimum atomic E-state index is -0.859. The van der Waals surface area contributed by atoms with Crippen LogP contribution in [-0.4, -0.2) is 49.1 Å². The van der Waals surface area contributed by atoms with Crippen molar-refractivity contribution in [3.05, 3.63) is 106 Å². The highest BCUT2D eigenvalue weighted by Gasteiger charge is 2.44. The number of rotatable bonds is 10. The Bertz CT molecular complexity index is 1540. The first kappa shape index (κ1) is 26.3. The van der Waals surface area contributed by atoms with Gasteiger partial charge in [-0.15, -0.1) is 0 Å². The van der Waals surface area contributed by atoms with Crippen molar-refractivity contribution in [3.8, 4) is 11.5 Å². The number of aliphatic hydroxyl groups is 1. The van der Waals surface area contributed by atoms with E-state index in [1.165, 1.54) is 25.2 Å². The van der Waals surface area contributed by atoms with Crippen molar-refractivity contribution in [2.45, 2.75) is 12.6 Å². The molecule has 1 N–H and O–H groups in total. The van der Waals surface area contributed by atoms with Crippen molar-refractivity contribution >= 4 is 34.3 Å². The number of ether oxygens (including phenoxy) is 3. The number of aliphatic hydroxyl groups excluding tert-OH is 1. The SMILES string of the molecule is COCCN1C(=O)C(O)=C(C(=O)c2cc3cc(Cl)cc(OC)c3o2)C1c1ccc(OCc2ccccc2)cc1. The zero-order chi connectivity index (χ0) is 27.5. The monoisotopic (exact) mass is 547 g/mol. The molecule has 3 aromatic carbocycles. The Morgan fingerprint density at radius 3 is 2.49 bits per heavy atom. The molecule has 2 heterocycles. The van der Waals surface area contributed by atoms with Gasteiger partial charge in [0.1, 0.15) is 12.4 Å². The molecule has 0 bridgehead atoms. The number of furan rings is 1. The maximum atomic E-state index is 13.8. The molecular weight excluding hydrogens is 522 g/mol. The van der Waals surface area contributed by atoms with Gasteiger partial charge in [0.25, 0.3) is 5.91 Å². The number of fused-ring (bicyclic) bond motifs is 1. The molecule has 0 saturated heterocycles. The van der Waals surface area contributed by atoms with Crippen LogP contribution in [0.25, 0.3) is 11.0 Å². The minimum Gasteiger partial charge on any atom is -0.503 e. The van der Waals surface area contributed by atoms with E-state index in [-0.39, 0.29) is 24.5 Å². The molecule has 8 nitrogen and oxygen atoms in total. The normalized spacial score (nSPS) is 15.3. The largest absolute Gasteiger partial charge is 0.503 e. The summed E-state index contributed by atoms with van der Waals surface area (Å²) in [6, 6.07) is 20.7. The number of carbonyl (C=O) groups is 2. The molecular formula is C30H26ClNO7. The molecule has 1 atom stereocenters. The third-order valence-corrected chi connectivity index (χ3v) is 6.74. The van der Waals surface area contributed by atoms with Crippen molar-refractivity contribution in [2.75, 3.05) is 27.4 Å². The Morgan fingerprint density at radius 2 is 1.79 bits per heavy atom. The number of amides is 1. The molecule has 1 aliphatic heterocycles. The molecule has 0 aliphatic carbocycles. The Labute approximate surface area is 229 Å². The average molecular weight is 548 g/mol. The van der Waals surface area contributed by atoms with Gasteiger partial charge in [0, 0.05) is 30.1 Å². The zero-order valence-electron chi connectivity index (χ0n) is 21.3. The topological polar surface area (TPSA) is 98.4 Å². The first-order valence-electron chi connectivity index (χ1n) is 12.2. The number of ketones is 1. The fourth-order valence-corrected chi connectivity index (χ4v) is 4.84. The van der Waals surface area contributed by atoms with Gasteiger partial charge >= 0.3 is 0 Å². The predicted molar refractivity (Wildman–Crippen MR) is 145 cm³/mol. The van der Waals surface area contributed by atoms with E-state index in [9.17, 15) is 14.7 Å². The number of halogens is 1. The van der Waals surface area contributed by atoms with Crippen LogP contribution in [0.15, 0.2) is 88.5 Å². The van der Waals surface area contributed by atoms with Gasteiger partial charge in [-0.2, -0.15) is 0 Å². The fourth-order valence-electron chi connectivity index (χ4n) is 4.62. The van der Waals surface area contributed by atoms with Gasteiger partial charge in [0.15, 0.2) is 22.9 Å². The lowest BCUT2D eigenvalue weighted by Crippen LogP contribution is -2.34. The molecule has 1 unspecified atom stereocenters. The van der Waals surface area contributed by atoms with Gasteiger partial charge < -0.3 is 28.6 Å². The number of Topliss-reactive ketones (excluding diaryl/α,β-unsaturated/α-hetero) is 1. The van der Waals surface area contributed by atoms with Crippen LogP contribution in [0.4, 0.5) is 0 Å². The molecule has 0 radical (unpaired) electrons. The summed E-state index contributed by atoms with van der Waals surface area (Å²) >= 11 is 6.17. The minimum absolute atomic E-state index is 0.0543. The highest BCUT2D eigenvalue weighted by Crippen LogP contribution is 2.41. The summed E-state index contributed by atoms with van der Waals surface area (Å²) in [5.74, 6) is -0.984. The first-order chi connectivity index (χ1) is 18.9. The second kappa shape index (κ2) is 11.2. The van der Waals surface area contributed by atoms with Gasteiger partial charge in [-0.25, -0.2) is 0 Å². The highest BCUT2D eigenvalue weighted by molar-refractivity contribution is 6.31. The van der Waals surface area contributed by atoms with Crippen LogP contribution < -0.4 is 9.47 Å². The second-order valence-electron chi connectivity index (χ2n) is 8.97. The molecule has 0 fully saturated rings. The second-order valence-corrected chi connectivity index (χ2v) is 9.40. The van der Waals surface area contributed by atoms with E-state index in [1.54, 1.807) is 36.4 Å². The molecule has 5 rings (SSSR count). The highest BCUT2D eigenvalue weighted by atomic mass is 35.5. The van der Waals surface area contributed by atoms with Crippen molar-refractivity contribution in [2.24, 2.45) is 0 Å². The lowest BCUT2D eigenvalue weighted by Gasteiger charge is -2.26. The van der Waals surface area contributed by atoms with Crippen LogP contribution >= 0.6 is 11.6 Å². The van der Waals surface area contributed by atoms with E-state index < -0.39 is 23.5 Å². The van der Waals surface area contributed by atoms with Gasteiger partial charge in [0.05, 0.1) is 25.3 Å². The number of hydrogen-bond donors (Lipinski definition) is 1. The maximum absolute atomic E-state index is 13.8. The molecule has 1 amide bonds. The lowest BCUT2D eigenvalue weighted by molar-refractivity contribution is -0.130. The number of hydrogen-bond acceptors (Lipinski definition) is 7. The predicted octanol–water partition coefficient (Wildman–Crippen LogP) is 5.90. The lowest BCUT2D eigenvalue weighted by atomic mass is 9.95. The van der Waals surface area contributed by atoms with Gasteiger partial charge in [-0.3, -0.25) is 9.59 Å². The number of carbonyl (C=O) groups excluding carboxylic acids is 2. The van der Waals surface area contributed by atoms with E-state index in [2.05, 4.69) is 0 Å². The standard InChI is InChI=1S/C30H26ClNO7/c1-36-13-12-32-26(19-8-10-22(11-9-19)38-17-18-6-4-3-5-7-18)25(28(34)30(32)35)27(33)23-15-20-14-21(31)16-24(37-2)29(20)39-23/h3-11,14-16,26,34H,12-13,17H2,1-2H3. The van der Waals surface area contributed by atoms with Gasteiger partial charge in [-0.05, 0) is 35.4 Å². The molecule has 1 aliphatic rings. The smallest absolute Gasteiger partial charge is 0.290 e. The van der Waals surface area contributed by atoms with Gasteiger partial charge in [-0.1, -0.05) is 54.1 Å². The van der Waals surface area contributed by atoms with Crippen LogP contribution in [0.2, 0.25) is 5.02 Å². The van der Waals surface area contributed by atoms with Crippen LogP contribution in [0.3, 0.4) is 0 Å². The van der Waals surface area contributed by atoms with E-state index in [1.807, 2.05) is 30.3 Å². The summed E-state index contributed by atoms with van der Waals surface area (Å²) < 4.78 is 22.2. The Morgan fingerprint density at radius 1 is 1.05 bits per heavy atom. The summed E-state index contributed by atoms with van der Waals surface area (Å²) in [7, 11) is 2.98. The van der Waals surface area contributed by atoms with Crippen molar-refractivity contribution in [3.63, 3.8) is 0 Å². The van der Waals surface area contributed by atoms with Crippen LogP contribution in [0, 0.1) is 0 Å². The summed E-state index contributed by atoms with van der Waals surface area (Å²) in [5.41, 5.74) is 1.90. The van der Waals surface area contributed by atoms with Crippen molar-refractivity contribution < 1.29 is 33.3 Å². The van der Waals surface area contributed by atoms with E-state index in [0.29, 0.717) is 39.7 Å². The fraction of sp³-hybridized carbons (Fsp3) is 0.200. The first-order valence-corrected chi connectivity index (χ1v) is 12.6. The molecule has 200 valence electrons. The summed E-state index contributed by atoms with van der Waals surface area (Å²) in [6.07, 6.45) is 0. The van der Waals surface area contributed by atoms with E-state index in [0.717, 1.165) is 5.56 Å². The number of methoxy groups -OCH3 is 2. The number of nitrogens with zero attached hydrogens (tertiary/aromatic N) is 1. The zero-order valence-corrected chi connectivity index (χ0v) is 22.1. The quantitative estimate of drug-likeness (QED) is 0.247. The van der Waals surface area contributed by atoms with Crippen LogP contribution in [0.1, 0.15) is 27.7 Å². The third-order valence-electron chi connectivity index (χ3n) is 6.52. The van der Waals surface area contributed by atoms with Crippen LogP contribution in [0.5, 0.6) is 11.5 Å². The average Bonchev–Trinajstić information content (AvgIpc) is 3.49. The summed E-state index contributed by atoms with van der Waals surface area (Å²) in [5, 5.41) is 11.9. The Kier molecular flexibility index (Phi) is 7.58. The van der Waals surface area contributed by atoms with Gasteiger partial charge in [0.2, 0.25) is 5.78 Å². The van der Waals surface area contributed by atoms with Crippen molar-refractivity contribution in [1.29, 1.82) is 0 Å². The van der Waals surface area contributed by atoms with E-state index >= 15 is 0 Å². The molecule has 9 heteroatoms. The molecule has 39 heavy (non-hydrogen) atoms. The summed E-state index contributed by atoms with van der Waals surface area (Å²) in [6.45, 7) is 0.776. The Balaban J connectivity index is 1.48. The van der Waals surface area contributed by atoms with Crippen LogP contribution in [-0.2, 0) is 16.1 Å².